The maximum Gasteiger partial charge on any atom is 0.271 e. The molecule has 1 amide bonds. The average Bonchev–Trinajstić information content (AvgIpc) is 3.16. The molecule has 2 N–H and O–H groups in total. The number of hydrogen-bond acceptors (Lipinski definition) is 4. The second kappa shape index (κ2) is 10.4. The zero-order valence-electron chi connectivity index (χ0n) is 18.1. The summed E-state index contributed by atoms with van der Waals surface area (Å²) in [4.78, 5) is 17.2. The van der Waals surface area contributed by atoms with Gasteiger partial charge in [-0.1, -0.05) is 26.0 Å². The third-order valence-corrected chi connectivity index (χ3v) is 5.42. The highest BCUT2D eigenvalue weighted by atomic mass is 16.1. The molecular weight excluding hydrogens is 362 g/mol. The molecule has 1 aliphatic rings. The van der Waals surface area contributed by atoms with Crippen LogP contribution in [0.15, 0.2) is 30.3 Å². The van der Waals surface area contributed by atoms with Crippen molar-refractivity contribution in [3.8, 4) is 0 Å². The van der Waals surface area contributed by atoms with Crippen molar-refractivity contribution in [3.63, 3.8) is 0 Å². The number of anilines is 1. The topological polar surface area (TPSA) is 64.3 Å². The van der Waals surface area contributed by atoms with Gasteiger partial charge in [0.25, 0.3) is 5.91 Å². The van der Waals surface area contributed by atoms with E-state index in [0.29, 0.717) is 18.2 Å². The van der Waals surface area contributed by atoms with Crippen LogP contribution < -0.4 is 10.2 Å². The van der Waals surface area contributed by atoms with Crippen molar-refractivity contribution in [1.82, 2.24) is 20.4 Å². The lowest BCUT2D eigenvalue weighted by Gasteiger charge is -2.36. The standard InChI is InChI=1S/C23H35N5O/c1-18(2)15-20-17-22(26-25-20)23(29)24-9-4-5-10-27-11-13-28(14-12-27)21-8-6-7-19(3)16-21/h6-8,16-18H,4-5,9-15H2,1-3H3,(H,24,29)(H,25,26). The fourth-order valence-corrected chi connectivity index (χ4v) is 3.83. The number of unbranched alkanes of at least 4 members (excludes halogenated alkanes) is 1. The van der Waals surface area contributed by atoms with Crippen molar-refractivity contribution < 1.29 is 4.79 Å². The number of benzene rings is 1. The molecule has 1 saturated heterocycles. The van der Waals surface area contributed by atoms with E-state index in [2.05, 4.69) is 70.4 Å². The fraction of sp³-hybridized carbons (Fsp3) is 0.565. The van der Waals surface area contributed by atoms with Crippen LogP contribution in [0.1, 0.15) is 48.4 Å². The van der Waals surface area contributed by atoms with Crippen LogP contribution in [0.4, 0.5) is 5.69 Å². The first-order chi connectivity index (χ1) is 14.0. The number of carbonyl (C=O) groups excluding carboxylic acids is 1. The predicted molar refractivity (Wildman–Crippen MR) is 119 cm³/mol. The number of hydrogen-bond donors (Lipinski definition) is 2. The minimum Gasteiger partial charge on any atom is -0.369 e. The van der Waals surface area contributed by atoms with Crippen LogP contribution in [0.2, 0.25) is 0 Å². The Morgan fingerprint density at radius 2 is 1.97 bits per heavy atom. The van der Waals surface area contributed by atoms with Gasteiger partial charge in [-0.25, -0.2) is 0 Å². The summed E-state index contributed by atoms with van der Waals surface area (Å²) < 4.78 is 0. The zero-order chi connectivity index (χ0) is 20.6. The Labute approximate surface area is 174 Å². The molecule has 0 aliphatic carbocycles. The van der Waals surface area contributed by atoms with Gasteiger partial charge in [-0.05, 0) is 62.4 Å². The number of aromatic amines is 1. The van der Waals surface area contributed by atoms with Crippen LogP contribution in [0, 0.1) is 12.8 Å². The van der Waals surface area contributed by atoms with Gasteiger partial charge in [-0.2, -0.15) is 5.10 Å². The summed E-state index contributed by atoms with van der Waals surface area (Å²) in [5, 5.41) is 10.1. The monoisotopic (exact) mass is 397 g/mol. The molecule has 1 aromatic heterocycles. The van der Waals surface area contributed by atoms with Gasteiger partial charge < -0.3 is 10.2 Å². The summed E-state index contributed by atoms with van der Waals surface area (Å²) in [7, 11) is 0. The van der Waals surface area contributed by atoms with E-state index in [1.54, 1.807) is 0 Å². The molecule has 0 saturated carbocycles. The van der Waals surface area contributed by atoms with Crippen molar-refractivity contribution in [2.24, 2.45) is 5.92 Å². The molecule has 29 heavy (non-hydrogen) atoms. The van der Waals surface area contributed by atoms with Gasteiger partial charge in [0.05, 0.1) is 0 Å². The van der Waals surface area contributed by atoms with Crippen LogP contribution in [0.5, 0.6) is 0 Å². The van der Waals surface area contributed by atoms with Crippen LogP contribution in [-0.2, 0) is 6.42 Å². The van der Waals surface area contributed by atoms with Crippen LogP contribution in [0.25, 0.3) is 0 Å². The predicted octanol–water partition coefficient (Wildman–Crippen LogP) is 3.25. The van der Waals surface area contributed by atoms with Crippen LogP contribution in [-0.4, -0.2) is 60.3 Å². The van der Waals surface area contributed by atoms with Crippen molar-refractivity contribution >= 4 is 11.6 Å². The maximum absolute atomic E-state index is 12.2. The first kappa shape index (κ1) is 21.4. The highest BCUT2D eigenvalue weighted by Gasteiger charge is 2.17. The van der Waals surface area contributed by atoms with Gasteiger partial charge in [0, 0.05) is 44.1 Å². The molecule has 6 nitrogen and oxygen atoms in total. The van der Waals surface area contributed by atoms with Gasteiger partial charge in [0.15, 0.2) is 0 Å². The lowest BCUT2D eigenvalue weighted by Crippen LogP contribution is -2.46. The van der Waals surface area contributed by atoms with Gasteiger partial charge in [0.2, 0.25) is 0 Å². The van der Waals surface area contributed by atoms with E-state index in [0.717, 1.165) is 57.7 Å². The maximum atomic E-state index is 12.2. The summed E-state index contributed by atoms with van der Waals surface area (Å²) in [5.74, 6) is 0.466. The number of carbonyl (C=O) groups is 1. The van der Waals surface area contributed by atoms with E-state index in [1.165, 1.54) is 11.3 Å². The molecule has 2 aromatic rings. The van der Waals surface area contributed by atoms with E-state index in [4.69, 9.17) is 0 Å². The third-order valence-electron chi connectivity index (χ3n) is 5.42. The molecule has 1 fully saturated rings. The SMILES string of the molecule is Cc1cccc(N2CCN(CCCCNC(=O)c3cc(CC(C)C)[nH]n3)CC2)c1. The summed E-state index contributed by atoms with van der Waals surface area (Å²) in [6.45, 7) is 12.6. The van der Waals surface area contributed by atoms with E-state index in [1.807, 2.05) is 6.07 Å². The molecular formula is C23H35N5O. The molecule has 3 rings (SSSR count). The number of aryl methyl sites for hydroxylation is 1. The van der Waals surface area contributed by atoms with Crippen LogP contribution in [0.3, 0.4) is 0 Å². The third kappa shape index (κ3) is 6.60. The van der Waals surface area contributed by atoms with Gasteiger partial charge in [-0.3, -0.25) is 14.8 Å². The van der Waals surface area contributed by atoms with Gasteiger partial charge >= 0.3 is 0 Å². The van der Waals surface area contributed by atoms with E-state index < -0.39 is 0 Å². The number of rotatable bonds is 9. The molecule has 0 atom stereocenters. The van der Waals surface area contributed by atoms with Crippen LogP contribution >= 0.6 is 0 Å². The Balaban J connectivity index is 1.29. The molecule has 1 aliphatic heterocycles. The Kier molecular flexibility index (Phi) is 7.69. The van der Waals surface area contributed by atoms with Gasteiger partial charge in [0.1, 0.15) is 5.69 Å². The summed E-state index contributed by atoms with van der Waals surface area (Å²) in [6, 6.07) is 10.6. The number of amides is 1. The number of aromatic nitrogens is 2. The number of piperazine rings is 1. The fourth-order valence-electron chi connectivity index (χ4n) is 3.83. The normalized spacial score (nSPS) is 15.1. The molecule has 0 unspecified atom stereocenters. The summed E-state index contributed by atoms with van der Waals surface area (Å²) in [5.41, 5.74) is 4.17. The molecule has 158 valence electrons. The number of H-pyrrole nitrogens is 1. The first-order valence-electron chi connectivity index (χ1n) is 10.9. The number of nitrogens with zero attached hydrogens (tertiary/aromatic N) is 3. The Morgan fingerprint density at radius 3 is 2.69 bits per heavy atom. The molecule has 6 heteroatoms. The highest BCUT2D eigenvalue weighted by Crippen LogP contribution is 2.17. The van der Waals surface area contributed by atoms with E-state index in [-0.39, 0.29) is 5.91 Å². The summed E-state index contributed by atoms with van der Waals surface area (Å²) >= 11 is 0. The van der Waals surface area contributed by atoms with Crippen molar-refractivity contribution in [3.05, 3.63) is 47.3 Å². The lowest BCUT2D eigenvalue weighted by molar-refractivity contribution is 0.0947. The van der Waals surface area contributed by atoms with Crippen molar-refractivity contribution in [2.45, 2.75) is 40.0 Å². The largest absolute Gasteiger partial charge is 0.369 e. The quantitative estimate of drug-likeness (QED) is 0.638. The second-order valence-corrected chi connectivity index (χ2v) is 8.51. The minimum absolute atomic E-state index is 0.0805. The molecule has 0 spiro atoms. The summed E-state index contributed by atoms with van der Waals surface area (Å²) in [6.07, 6.45) is 3.01. The molecule has 1 aromatic carbocycles. The molecule has 2 heterocycles. The molecule has 0 radical (unpaired) electrons. The second-order valence-electron chi connectivity index (χ2n) is 8.51. The molecule has 0 bridgehead atoms. The van der Waals surface area contributed by atoms with Gasteiger partial charge in [-0.15, -0.1) is 0 Å². The number of nitrogens with one attached hydrogen (secondary N) is 2. The lowest BCUT2D eigenvalue weighted by atomic mass is 10.1. The minimum atomic E-state index is -0.0805. The smallest absolute Gasteiger partial charge is 0.271 e. The first-order valence-corrected chi connectivity index (χ1v) is 10.9. The highest BCUT2D eigenvalue weighted by molar-refractivity contribution is 5.92. The van der Waals surface area contributed by atoms with E-state index in [9.17, 15) is 4.79 Å². The van der Waals surface area contributed by atoms with Crippen molar-refractivity contribution in [1.29, 1.82) is 0 Å². The Bertz CT molecular complexity index is 777. The van der Waals surface area contributed by atoms with E-state index >= 15 is 0 Å². The Hall–Kier alpha value is -2.34. The average molecular weight is 398 g/mol. The Morgan fingerprint density at radius 1 is 1.17 bits per heavy atom. The zero-order valence-corrected chi connectivity index (χ0v) is 18.1. The van der Waals surface area contributed by atoms with Crippen molar-refractivity contribution in [2.75, 3.05) is 44.2 Å².